The highest BCUT2D eigenvalue weighted by Gasteiger charge is 2.11. The van der Waals surface area contributed by atoms with Gasteiger partial charge in [-0.3, -0.25) is 4.79 Å². The van der Waals surface area contributed by atoms with Gasteiger partial charge in [-0.15, -0.1) is 0 Å². The number of nitrogens with zero attached hydrogens (tertiary/aromatic N) is 1. The first-order valence-corrected chi connectivity index (χ1v) is 11.0. The number of halogens is 3. The zero-order valence-electron chi connectivity index (χ0n) is 15.8. The van der Waals surface area contributed by atoms with E-state index in [1.807, 2.05) is 12.1 Å². The fourth-order valence-corrected chi connectivity index (χ4v) is 4.69. The summed E-state index contributed by atoms with van der Waals surface area (Å²) in [4.78, 5) is 22.9. The lowest BCUT2D eigenvalue weighted by atomic mass is 10.1. The summed E-state index contributed by atoms with van der Waals surface area (Å²) in [5, 5.41) is 12.9. The van der Waals surface area contributed by atoms with Crippen molar-refractivity contribution in [2.24, 2.45) is 5.10 Å². The smallest absolute Gasteiger partial charge is 0.335 e. The zero-order chi connectivity index (χ0) is 22.4. The van der Waals surface area contributed by atoms with Crippen molar-refractivity contribution in [2.45, 2.75) is 6.61 Å². The third kappa shape index (κ3) is 6.23. The van der Waals surface area contributed by atoms with E-state index in [4.69, 9.17) is 9.84 Å². The molecule has 0 fully saturated rings. The number of rotatable bonds is 7. The van der Waals surface area contributed by atoms with Gasteiger partial charge < -0.3 is 9.84 Å². The van der Waals surface area contributed by atoms with E-state index in [0.717, 1.165) is 18.3 Å². The monoisotopic (exact) mass is 644 g/mol. The molecule has 158 valence electrons. The first-order chi connectivity index (χ1) is 14.8. The van der Waals surface area contributed by atoms with Gasteiger partial charge in [0.05, 0.1) is 24.5 Å². The molecule has 2 N–H and O–H groups in total. The summed E-state index contributed by atoms with van der Waals surface area (Å²) in [6.45, 7) is 0.290. The molecular formula is C22H15FI2N2O4. The summed E-state index contributed by atoms with van der Waals surface area (Å²) in [6.07, 6.45) is 1.47. The first-order valence-electron chi connectivity index (χ1n) is 8.87. The molecule has 3 rings (SSSR count). The quantitative estimate of drug-likeness (QED) is 0.214. The molecule has 0 heterocycles. The van der Waals surface area contributed by atoms with Crippen LogP contribution in [-0.4, -0.2) is 23.2 Å². The highest BCUT2D eigenvalue weighted by Crippen LogP contribution is 2.29. The molecule has 31 heavy (non-hydrogen) atoms. The summed E-state index contributed by atoms with van der Waals surface area (Å²) in [7, 11) is 0. The van der Waals surface area contributed by atoms with Gasteiger partial charge in [0.2, 0.25) is 0 Å². The average molecular weight is 644 g/mol. The van der Waals surface area contributed by atoms with Gasteiger partial charge in [-0.2, -0.15) is 5.10 Å². The Bertz CT molecular complexity index is 1130. The summed E-state index contributed by atoms with van der Waals surface area (Å²) in [6, 6.07) is 15.8. The van der Waals surface area contributed by atoms with Crippen LogP contribution < -0.4 is 10.2 Å². The van der Waals surface area contributed by atoms with Crippen molar-refractivity contribution in [1.29, 1.82) is 0 Å². The van der Waals surface area contributed by atoms with Crippen LogP contribution in [-0.2, 0) is 6.61 Å². The minimum atomic E-state index is -0.973. The Morgan fingerprint density at radius 3 is 2.32 bits per heavy atom. The third-order valence-electron chi connectivity index (χ3n) is 4.10. The summed E-state index contributed by atoms with van der Waals surface area (Å²) in [5.41, 5.74) is 4.04. The predicted molar refractivity (Wildman–Crippen MR) is 131 cm³/mol. The molecule has 0 bridgehead atoms. The number of aromatic carboxylic acids is 1. The van der Waals surface area contributed by atoms with Crippen LogP contribution in [0, 0.1) is 13.0 Å². The van der Waals surface area contributed by atoms with Gasteiger partial charge in [-0.25, -0.2) is 14.6 Å². The molecule has 1 amide bonds. The number of hydrazone groups is 1. The van der Waals surface area contributed by atoms with Crippen LogP contribution in [0.3, 0.4) is 0 Å². The molecule has 0 aliphatic rings. The van der Waals surface area contributed by atoms with Crippen LogP contribution in [0.1, 0.15) is 31.8 Å². The molecule has 0 saturated heterocycles. The van der Waals surface area contributed by atoms with Gasteiger partial charge in [-0.1, -0.05) is 24.3 Å². The maximum absolute atomic E-state index is 13.6. The van der Waals surface area contributed by atoms with Crippen LogP contribution in [0.25, 0.3) is 0 Å². The lowest BCUT2D eigenvalue weighted by Gasteiger charge is -2.11. The van der Waals surface area contributed by atoms with E-state index in [1.54, 1.807) is 18.2 Å². The molecule has 3 aromatic carbocycles. The van der Waals surface area contributed by atoms with Crippen LogP contribution in [0.5, 0.6) is 5.75 Å². The Morgan fingerprint density at radius 1 is 1.06 bits per heavy atom. The molecule has 0 atom stereocenters. The van der Waals surface area contributed by atoms with Gasteiger partial charge in [-0.05, 0) is 92.7 Å². The van der Waals surface area contributed by atoms with E-state index in [-0.39, 0.29) is 17.7 Å². The second-order valence-electron chi connectivity index (χ2n) is 6.28. The number of nitrogens with one attached hydrogen (secondary N) is 1. The number of ether oxygens (including phenoxy) is 1. The second-order valence-corrected chi connectivity index (χ2v) is 8.61. The van der Waals surface area contributed by atoms with E-state index in [2.05, 4.69) is 55.7 Å². The van der Waals surface area contributed by atoms with E-state index >= 15 is 0 Å². The van der Waals surface area contributed by atoms with Crippen molar-refractivity contribution < 1.29 is 23.8 Å². The minimum absolute atomic E-state index is 0.0797. The zero-order valence-corrected chi connectivity index (χ0v) is 20.1. The fourth-order valence-electron chi connectivity index (χ4n) is 2.56. The SMILES string of the molecule is O=C(O)c1ccc(COc2c(I)cc(/C=N\NC(=O)c3ccccc3F)cc2I)cc1. The van der Waals surface area contributed by atoms with Gasteiger partial charge >= 0.3 is 5.97 Å². The van der Waals surface area contributed by atoms with E-state index < -0.39 is 17.7 Å². The van der Waals surface area contributed by atoms with Gasteiger partial charge in [0.15, 0.2) is 0 Å². The maximum Gasteiger partial charge on any atom is 0.335 e. The largest absolute Gasteiger partial charge is 0.487 e. The topological polar surface area (TPSA) is 88.0 Å². The highest BCUT2D eigenvalue weighted by atomic mass is 127. The normalized spacial score (nSPS) is 10.8. The van der Waals surface area contributed by atoms with Gasteiger partial charge in [0, 0.05) is 0 Å². The van der Waals surface area contributed by atoms with Gasteiger partial charge in [0.1, 0.15) is 18.2 Å². The summed E-state index contributed by atoms with van der Waals surface area (Å²) < 4.78 is 21.2. The lowest BCUT2D eigenvalue weighted by molar-refractivity contribution is 0.0696. The number of hydrogen-bond acceptors (Lipinski definition) is 4. The average Bonchev–Trinajstić information content (AvgIpc) is 2.73. The molecule has 0 aliphatic heterocycles. The van der Waals surface area contributed by atoms with Crippen LogP contribution in [0.15, 0.2) is 65.8 Å². The number of carbonyl (C=O) groups excluding carboxylic acids is 1. The molecule has 0 saturated carbocycles. The Labute approximate surface area is 204 Å². The predicted octanol–water partition coefficient (Wildman–Crippen LogP) is 5.08. The standard InChI is InChI=1S/C22H15FI2N2O4/c23-17-4-2-1-3-16(17)21(28)27-26-11-14-9-18(24)20(19(25)10-14)31-12-13-5-7-15(8-6-13)22(29)30/h1-11H,12H2,(H,27,28)(H,29,30)/b26-11-. The van der Waals surface area contributed by atoms with Crippen molar-refractivity contribution in [3.05, 3.63) is 95.9 Å². The minimum Gasteiger partial charge on any atom is -0.487 e. The number of carboxylic acid groups (broad SMARTS) is 1. The highest BCUT2D eigenvalue weighted by molar-refractivity contribution is 14.1. The third-order valence-corrected chi connectivity index (χ3v) is 5.71. The van der Waals surface area contributed by atoms with Crippen molar-refractivity contribution in [2.75, 3.05) is 0 Å². The molecular weight excluding hydrogens is 629 g/mol. The summed E-state index contributed by atoms with van der Waals surface area (Å²) in [5.74, 6) is -1.53. The van der Waals surface area contributed by atoms with Crippen LogP contribution in [0.2, 0.25) is 0 Å². The molecule has 0 aliphatic carbocycles. The van der Waals surface area contributed by atoms with Crippen LogP contribution >= 0.6 is 45.2 Å². The molecule has 3 aromatic rings. The second kappa shape index (κ2) is 10.7. The van der Waals surface area contributed by atoms with Crippen molar-refractivity contribution in [3.63, 3.8) is 0 Å². The van der Waals surface area contributed by atoms with Gasteiger partial charge in [0.25, 0.3) is 5.91 Å². The lowest BCUT2D eigenvalue weighted by Crippen LogP contribution is -2.18. The molecule has 0 spiro atoms. The molecule has 6 nitrogen and oxygen atoms in total. The van der Waals surface area contributed by atoms with E-state index in [0.29, 0.717) is 5.75 Å². The molecule has 9 heteroatoms. The van der Waals surface area contributed by atoms with E-state index in [9.17, 15) is 14.0 Å². The van der Waals surface area contributed by atoms with Crippen molar-refractivity contribution in [1.82, 2.24) is 5.43 Å². The molecule has 0 unspecified atom stereocenters. The van der Waals surface area contributed by atoms with E-state index in [1.165, 1.54) is 36.5 Å². The Morgan fingerprint density at radius 2 is 1.71 bits per heavy atom. The Hall–Kier alpha value is -2.54. The maximum atomic E-state index is 13.6. The number of carboxylic acids is 1. The van der Waals surface area contributed by atoms with Crippen LogP contribution in [0.4, 0.5) is 4.39 Å². The molecule has 0 radical (unpaired) electrons. The number of amides is 1. The van der Waals surface area contributed by atoms with Crippen molar-refractivity contribution in [3.8, 4) is 5.75 Å². The Balaban J connectivity index is 1.64. The first kappa shape index (κ1) is 23.1. The summed E-state index contributed by atoms with van der Waals surface area (Å²) >= 11 is 4.28. The fraction of sp³-hybridized carbons (Fsp3) is 0.0455. The van der Waals surface area contributed by atoms with Crippen molar-refractivity contribution >= 4 is 63.3 Å². The molecule has 0 aromatic heterocycles. The number of hydrogen-bond donors (Lipinski definition) is 2. The number of benzene rings is 3. The Kier molecular flexibility index (Phi) is 7.96. The number of carbonyl (C=O) groups is 2.